The van der Waals surface area contributed by atoms with Gasteiger partial charge < -0.3 is 4.74 Å². The number of amides is 2. The zero-order valence-corrected chi connectivity index (χ0v) is 14.1. The summed E-state index contributed by atoms with van der Waals surface area (Å²) in [7, 11) is 0. The number of aromatic nitrogens is 2. The van der Waals surface area contributed by atoms with E-state index in [0.717, 1.165) is 18.4 Å². The van der Waals surface area contributed by atoms with Gasteiger partial charge in [0, 0.05) is 11.2 Å². The van der Waals surface area contributed by atoms with Gasteiger partial charge in [-0.25, -0.2) is 4.90 Å². The van der Waals surface area contributed by atoms with Crippen molar-refractivity contribution in [3.05, 3.63) is 47.2 Å². The summed E-state index contributed by atoms with van der Waals surface area (Å²) in [5.41, 5.74) is 1.54. The van der Waals surface area contributed by atoms with Crippen molar-refractivity contribution in [3.63, 3.8) is 0 Å². The summed E-state index contributed by atoms with van der Waals surface area (Å²) in [4.78, 5) is 26.8. The van der Waals surface area contributed by atoms with E-state index in [1.54, 1.807) is 17.1 Å². The SMILES string of the molecule is O=C1[C@@H]2[C@H](C(=O)N1c1cnn(Cc3cccc(Cl)c3)c1)[C@@H]1CC[C@@H]2O1. The Morgan fingerprint density at radius 2 is 1.88 bits per heavy atom. The van der Waals surface area contributed by atoms with E-state index in [0.29, 0.717) is 17.3 Å². The normalized spacial score (nSPS) is 30.4. The highest BCUT2D eigenvalue weighted by atomic mass is 35.5. The van der Waals surface area contributed by atoms with Gasteiger partial charge in [-0.05, 0) is 30.5 Å². The molecule has 2 aromatic rings. The smallest absolute Gasteiger partial charge is 0.240 e. The molecule has 2 bridgehead atoms. The van der Waals surface area contributed by atoms with Crippen LogP contribution in [0.2, 0.25) is 5.02 Å². The molecule has 0 aliphatic carbocycles. The number of imide groups is 1. The lowest BCUT2D eigenvalue weighted by Gasteiger charge is -2.15. The molecule has 1 aromatic heterocycles. The van der Waals surface area contributed by atoms with Crippen LogP contribution >= 0.6 is 11.6 Å². The predicted octanol–water partition coefficient (Wildman–Crippen LogP) is 2.25. The van der Waals surface area contributed by atoms with E-state index in [4.69, 9.17) is 16.3 Å². The van der Waals surface area contributed by atoms with E-state index in [-0.39, 0.29) is 35.9 Å². The fraction of sp³-hybridized carbons (Fsp3) is 0.389. The Morgan fingerprint density at radius 3 is 2.56 bits per heavy atom. The lowest BCUT2D eigenvalue weighted by molar-refractivity contribution is -0.124. The summed E-state index contributed by atoms with van der Waals surface area (Å²) < 4.78 is 7.47. The first kappa shape index (κ1) is 15.1. The van der Waals surface area contributed by atoms with Gasteiger partial charge in [-0.15, -0.1) is 0 Å². The van der Waals surface area contributed by atoms with Crippen LogP contribution in [0.3, 0.4) is 0 Å². The third-order valence-electron chi connectivity index (χ3n) is 5.40. The molecule has 4 heterocycles. The van der Waals surface area contributed by atoms with Gasteiger partial charge in [0.25, 0.3) is 0 Å². The van der Waals surface area contributed by atoms with Gasteiger partial charge in [0.15, 0.2) is 0 Å². The number of hydrogen-bond donors (Lipinski definition) is 0. The van der Waals surface area contributed by atoms with Gasteiger partial charge in [0.2, 0.25) is 11.8 Å². The summed E-state index contributed by atoms with van der Waals surface area (Å²) in [5.74, 6) is -0.931. The van der Waals surface area contributed by atoms with Gasteiger partial charge >= 0.3 is 0 Å². The number of carbonyl (C=O) groups excluding carboxylic acids is 2. The molecule has 3 aliphatic rings. The molecule has 6 nitrogen and oxygen atoms in total. The van der Waals surface area contributed by atoms with Crippen LogP contribution < -0.4 is 4.90 Å². The van der Waals surface area contributed by atoms with Gasteiger partial charge in [-0.2, -0.15) is 5.10 Å². The van der Waals surface area contributed by atoms with Crippen LogP contribution in [-0.4, -0.2) is 33.8 Å². The van der Waals surface area contributed by atoms with Crippen molar-refractivity contribution in [2.24, 2.45) is 11.8 Å². The van der Waals surface area contributed by atoms with Gasteiger partial charge in [-0.3, -0.25) is 14.3 Å². The van der Waals surface area contributed by atoms with Gasteiger partial charge in [0.05, 0.1) is 42.5 Å². The molecule has 0 N–H and O–H groups in total. The fourth-order valence-electron chi connectivity index (χ4n) is 4.34. The molecule has 3 saturated heterocycles. The van der Waals surface area contributed by atoms with E-state index >= 15 is 0 Å². The van der Waals surface area contributed by atoms with Crippen molar-refractivity contribution >= 4 is 29.1 Å². The molecule has 128 valence electrons. The Morgan fingerprint density at radius 1 is 1.16 bits per heavy atom. The fourth-order valence-corrected chi connectivity index (χ4v) is 4.56. The number of benzene rings is 1. The zero-order valence-electron chi connectivity index (χ0n) is 13.3. The highest BCUT2D eigenvalue weighted by Crippen LogP contribution is 2.49. The first-order chi connectivity index (χ1) is 12.1. The van der Waals surface area contributed by atoms with Crippen molar-refractivity contribution < 1.29 is 14.3 Å². The molecule has 2 amide bonds. The number of fused-ring (bicyclic) bond motifs is 5. The number of anilines is 1. The Kier molecular flexibility index (Phi) is 3.27. The molecule has 1 aromatic carbocycles. The van der Waals surface area contributed by atoms with Crippen molar-refractivity contribution in [1.29, 1.82) is 0 Å². The average Bonchev–Trinajstić information content (AvgIpc) is 3.33. The van der Waals surface area contributed by atoms with Crippen LogP contribution in [0, 0.1) is 11.8 Å². The van der Waals surface area contributed by atoms with Crippen LogP contribution in [0.15, 0.2) is 36.7 Å². The largest absolute Gasteiger partial charge is 0.373 e. The minimum atomic E-state index is -0.317. The Hall–Kier alpha value is -2.18. The molecular weight excluding hydrogens is 342 g/mol. The minimum absolute atomic E-state index is 0.0991. The van der Waals surface area contributed by atoms with E-state index in [1.807, 2.05) is 24.3 Å². The maximum absolute atomic E-state index is 12.8. The summed E-state index contributed by atoms with van der Waals surface area (Å²) in [6, 6.07) is 7.52. The Balaban J connectivity index is 1.40. The van der Waals surface area contributed by atoms with Crippen LogP contribution in [0.4, 0.5) is 5.69 Å². The molecule has 4 atom stereocenters. The van der Waals surface area contributed by atoms with Crippen LogP contribution in [-0.2, 0) is 20.9 Å². The van der Waals surface area contributed by atoms with E-state index < -0.39 is 0 Å². The number of ether oxygens (including phenoxy) is 1. The highest BCUT2D eigenvalue weighted by Gasteiger charge is 2.62. The number of halogens is 1. The molecule has 7 heteroatoms. The summed E-state index contributed by atoms with van der Waals surface area (Å²) in [6.45, 7) is 0.526. The van der Waals surface area contributed by atoms with E-state index in [9.17, 15) is 9.59 Å². The number of rotatable bonds is 3. The third kappa shape index (κ3) is 2.24. The second-order valence-corrected chi connectivity index (χ2v) is 7.32. The predicted molar refractivity (Wildman–Crippen MR) is 90.1 cm³/mol. The maximum Gasteiger partial charge on any atom is 0.240 e. The topological polar surface area (TPSA) is 64.4 Å². The summed E-state index contributed by atoms with van der Waals surface area (Å²) in [5, 5.41) is 4.96. The van der Waals surface area contributed by atoms with Gasteiger partial charge in [-0.1, -0.05) is 23.7 Å². The maximum atomic E-state index is 12.8. The number of nitrogens with zero attached hydrogens (tertiary/aromatic N) is 3. The molecule has 5 rings (SSSR count). The molecule has 3 aliphatic heterocycles. The van der Waals surface area contributed by atoms with Crippen molar-refractivity contribution in [2.75, 3.05) is 4.90 Å². The van der Waals surface area contributed by atoms with Crippen LogP contribution in [0.25, 0.3) is 0 Å². The van der Waals surface area contributed by atoms with Crippen LogP contribution in [0.5, 0.6) is 0 Å². The third-order valence-corrected chi connectivity index (χ3v) is 5.63. The molecule has 0 radical (unpaired) electrons. The Labute approximate surface area is 149 Å². The van der Waals surface area contributed by atoms with Crippen LogP contribution in [0.1, 0.15) is 18.4 Å². The highest BCUT2D eigenvalue weighted by molar-refractivity contribution is 6.30. The first-order valence-corrected chi connectivity index (χ1v) is 8.80. The average molecular weight is 358 g/mol. The molecule has 0 unspecified atom stereocenters. The van der Waals surface area contributed by atoms with Gasteiger partial charge in [0.1, 0.15) is 0 Å². The van der Waals surface area contributed by atoms with Crippen molar-refractivity contribution in [2.45, 2.75) is 31.6 Å². The quantitative estimate of drug-likeness (QED) is 0.790. The molecular formula is C18H16ClN3O3. The molecule has 0 saturated carbocycles. The lowest BCUT2D eigenvalue weighted by Crippen LogP contribution is -2.33. The van der Waals surface area contributed by atoms with E-state index in [1.165, 1.54) is 4.90 Å². The minimum Gasteiger partial charge on any atom is -0.373 e. The van der Waals surface area contributed by atoms with Crippen molar-refractivity contribution in [1.82, 2.24) is 9.78 Å². The zero-order chi connectivity index (χ0) is 17.1. The molecule has 25 heavy (non-hydrogen) atoms. The van der Waals surface area contributed by atoms with E-state index in [2.05, 4.69) is 5.10 Å². The first-order valence-electron chi connectivity index (χ1n) is 8.42. The van der Waals surface area contributed by atoms with Crippen molar-refractivity contribution in [3.8, 4) is 0 Å². The second kappa shape index (κ2) is 5.41. The lowest BCUT2D eigenvalue weighted by atomic mass is 9.81. The standard InChI is InChI=1S/C18H16ClN3O3/c19-11-3-1-2-10(6-11)8-21-9-12(7-20-21)22-17(23)15-13-4-5-14(25-13)16(15)18(22)24/h1-3,6-7,9,13-16H,4-5,8H2/t13-,14-,15-,16+/m0/s1. The molecule has 0 spiro atoms. The monoisotopic (exact) mass is 357 g/mol. The summed E-state index contributed by atoms with van der Waals surface area (Å²) >= 11 is 6.01. The Bertz CT molecular complexity index is 852. The second-order valence-electron chi connectivity index (χ2n) is 6.88. The molecule has 3 fully saturated rings. The summed E-state index contributed by atoms with van der Waals surface area (Å²) in [6.07, 6.45) is 4.85. The number of carbonyl (C=O) groups is 2. The number of hydrogen-bond acceptors (Lipinski definition) is 4.